The molecule has 11 nitrogen and oxygen atoms in total. The first-order valence-corrected chi connectivity index (χ1v) is 14.1. The van der Waals surface area contributed by atoms with Crippen molar-refractivity contribution in [1.82, 2.24) is 14.1 Å². The van der Waals surface area contributed by atoms with E-state index in [0.717, 1.165) is 22.3 Å². The second kappa shape index (κ2) is 11.2. The van der Waals surface area contributed by atoms with Crippen molar-refractivity contribution in [2.45, 2.75) is 70.7 Å². The number of hydrogen-bond acceptors (Lipinski definition) is 9. The number of nitrogens with zero attached hydrogens (tertiary/aromatic N) is 3. The van der Waals surface area contributed by atoms with Crippen LogP contribution in [-0.4, -0.2) is 57.7 Å². The minimum absolute atomic E-state index is 0.0418. The number of ether oxygens (including phenoxy) is 3. The van der Waals surface area contributed by atoms with Crippen molar-refractivity contribution in [3.8, 4) is 10.8 Å². The molecule has 214 valence electrons. The predicted molar refractivity (Wildman–Crippen MR) is 149 cm³/mol. The topological polar surface area (TPSA) is 135 Å². The second-order valence-electron chi connectivity index (χ2n) is 10.4. The fraction of sp³-hybridized carbons (Fsp3) is 0.500. The fourth-order valence-electron chi connectivity index (χ4n) is 5.23. The first kappa shape index (κ1) is 28.1. The summed E-state index contributed by atoms with van der Waals surface area (Å²) in [4.78, 5) is 45.4. The largest absolute Gasteiger partial charge is 0.501 e. The van der Waals surface area contributed by atoms with Gasteiger partial charge in [0.2, 0.25) is 5.89 Å². The summed E-state index contributed by atoms with van der Waals surface area (Å²) in [6.45, 7) is 5.63. The second-order valence-corrected chi connectivity index (χ2v) is 11.4. The Kier molecular flexibility index (Phi) is 7.85. The summed E-state index contributed by atoms with van der Waals surface area (Å²) in [5.74, 6) is -0.213. The van der Waals surface area contributed by atoms with Crippen LogP contribution in [0, 0.1) is 6.92 Å². The average Bonchev–Trinajstić information content (AvgIpc) is 3.59. The Morgan fingerprint density at radius 3 is 2.70 bits per heavy atom. The molecule has 1 N–H and O–H groups in total. The maximum atomic E-state index is 14.1. The highest BCUT2D eigenvalue weighted by atomic mass is 32.1. The zero-order valence-electron chi connectivity index (χ0n) is 23.0. The number of thiophene rings is 1. The number of aromatic nitrogens is 3. The van der Waals surface area contributed by atoms with Crippen LogP contribution in [0.15, 0.2) is 50.0 Å². The zero-order chi connectivity index (χ0) is 28.6. The summed E-state index contributed by atoms with van der Waals surface area (Å²) in [6, 6.07) is 0. The zero-order valence-corrected chi connectivity index (χ0v) is 23.8. The molecule has 1 saturated heterocycles. The van der Waals surface area contributed by atoms with Gasteiger partial charge in [-0.25, -0.2) is 19.1 Å². The third-order valence-corrected chi connectivity index (χ3v) is 8.85. The number of methoxy groups -OCH3 is 1. The lowest BCUT2D eigenvalue weighted by molar-refractivity contribution is -0.146. The van der Waals surface area contributed by atoms with E-state index in [-0.39, 0.29) is 18.0 Å². The number of rotatable bonds is 9. The van der Waals surface area contributed by atoms with E-state index in [1.54, 1.807) is 14.0 Å². The van der Waals surface area contributed by atoms with Crippen LogP contribution in [0.5, 0.6) is 0 Å². The summed E-state index contributed by atoms with van der Waals surface area (Å²) in [6.07, 6.45) is 9.18. The molecule has 4 heterocycles. The normalized spacial score (nSPS) is 17.5. The summed E-state index contributed by atoms with van der Waals surface area (Å²) < 4.78 is 25.7. The van der Waals surface area contributed by atoms with Gasteiger partial charge in [0.15, 0.2) is 0 Å². The highest BCUT2D eigenvalue weighted by Crippen LogP contribution is 2.36. The van der Waals surface area contributed by atoms with Gasteiger partial charge in [0.1, 0.15) is 28.5 Å². The molecule has 0 spiro atoms. The summed E-state index contributed by atoms with van der Waals surface area (Å²) >= 11 is 1.21. The Bertz CT molecular complexity index is 1590. The van der Waals surface area contributed by atoms with Crippen molar-refractivity contribution in [3.05, 3.63) is 62.3 Å². The summed E-state index contributed by atoms with van der Waals surface area (Å²) in [7, 11) is 1.62. The number of carboxylic acid groups (broad SMARTS) is 1. The number of hydrogen-bond donors (Lipinski definition) is 1. The molecule has 0 aromatic carbocycles. The number of fused-ring (bicyclic) bond motifs is 1. The molecule has 0 bridgehead atoms. The molecule has 12 heteroatoms. The number of carbonyl (C=O) groups is 1. The summed E-state index contributed by atoms with van der Waals surface area (Å²) in [5.41, 5.74) is -1.83. The number of allylic oxidation sites excluding steroid dienone is 2. The lowest BCUT2D eigenvalue weighted by Crippen LogP contribution is -2.53. The molecule has 1 aliphatic carbocycles. The first-order chi connectivity index (χ1) is 19.1. The van der Waals surface area contributed by atoms with Crippen molar-refractivity contribution >= 4 is 27.5 Å². The monoisotopic (exact) mass is 571 g/mol. The Morgan fingerprint density at radius 1 is 1.30 bits per heavy atom. The van der Waals surface area contributed by atoms with Crippen LogP contribution in [0.2, 0.25) is 0 Å². The molecular formula is C28H33N3O8S. The number of aryl methyl sites for hydroxylation is 1. The van der Waals surface area contributed by atoms with Gasteiger partial charge in [-0.2, -0.15) is 0 Å². The van der Waals surface area contributed by atoms with Crippen molar-refractivity contribution in [1.29, 1.82) is 0 Å². The van der Waals surface area contributed by atoms with Gasteiger partial charge in [0.25, 0.3) is 5.56 Å². The quantitative estimate of drug-likeness (QED) is 0.407. The van der Waals surface area contributed by atoms with Gasteiger partial charge in [-0.3, -0.25) is 9.36 Å². The van der Waals surface area contributed by atoms with Crippen molar-refractivity contribution < 1.29 is 28.5 Å². The van der Waals surface area contributed by atoms with E-state index in [1.807, 2.05) is 12.2 Å². The van der Waals surface area contributed by atoms with Gasteiger partial charge < -0.3 is 23.7 Å². The van der Waals surface area contributed by atoms with Gasteiger partial charge in [0, 0.05) is 25.2 Å². The molecule has 1 fully saturated rings. The maximum absolute atomic E-state index is 14.1. The molecule has 0 amide bonds. The third-order valence-electron chi connectivity index (χ3n) is 7.55. The van der Waals surface area contributed by atoms with Crippen molar-refractivity contribution in [2.75, 3.05) is 20.3 Å². The number of aliphatic carboxylic acids is 1. The molecule has 5 rings (SSSR count). The Morgan fingerprint density at radius 2 is 2.05 bits per heavy atom. The van der Waals surface area contributed by atoms with E-state index in [4.69, 9.17) is 18.6 Å². The van der Waals surface area contributed by atoms with E-state index in [9.17, 15) is 19.5 Å². The van der Waals surface area contributed by atoms with Gasteiger partial charge in [-0.15, -0.1) is 11.3 Å². The molecular weight excluding hydrogens is 538 g/mol. The van der Waals surface area contributed by atoms with Crippen LogP contribution >= 0.6 is 11.3 Å². The van der Waals surface area contributed by atoms with Crippen LogP contribution in [0.1, 0.15) is 45.1 Å². The van der Waals surface area contributed by atoms with E-state index in [2.05, 4.69) is 4.98 Å². The number of carboxylic acids is 1. The number of oxazole rings is 1. The highest BCUT2D eigenvalue weighted by molar-refractivity contribution is 7.22. The molecule has 1 atom stereocenters. The van der Waals surface area contributed by atoms with Gasteiger partial charge in [-0.1, -0.05) is 12.2 Å². The molecule has 3 aromatic heterocycles. The third kappa shape index (κ3) is 4.95. The Labute approximate surface area is 234 Å². The fourth-order valence-corrected chi connectivity index (χ4v) is 6.47. The lowest BCUT2D eigenvalue weighted by Gasteiger charge is -2.31. The summed E-state index contributed by atoms with van der Waals surface area (Å²) in [5, 5.41) is 10.2. The smallest absolute Gasteiger partial charge is 0.333 e. The standard InChI is InChI=1S/C28H33N3O8S/c1-16-21-24(32)31(28(2,3)26(33)34)27(35)30(25(21)40-22(16)23-29-11-14-38-23)15-20(39-17-9-12-37-13-10-17)18-7-5-6-8-19(18)36-4/h5,7,11,14,17,20H,6,8-10,12-13,15H2,1-4H3,(H,33,34)/t20-/m0/s1. The SMILES string of the molecule is COC1=C([C@H](Cn2c(=O)n(C(C)(C)C(=O)O)c(=O)c3c(C)c(-c4ncco4)sc32)OC2CCOCC2)C=CCC1. The van der Waals surface area contributed by atoms with E-state index < -0.39 is 28.9 Å². The van der Waals surface area contributed by atoms with E-state index >= 15 is 0 Å². The van der Waals surface area contributed by atoms with Crippen LogP contribution < -0.4 is 11.2 Å². The average molecular weight is 572 g/mol. The molecule has 0 unspecified atom stereocenters. The molecule has 3 aromatic rings. The molecule has 0 radical (unpaired) electrons. The van der Waals surface area contributed by atoms with Crippen LogP contribution in [0.25, 0.3) is 21.0 Å². The molecule has 2 aliphatic rings. The molecule has 0 saturated carbocycles. The van der Waals surface area contributed by atoms with E-state index in [1.165, 1.54) is 42.2 Å². The van der Waals surface area contributed by atoms with Crippen LogP contribution in [0.4, 0.5) is 0 Å². The maximum Gasteiger partial charge on any atom is 0.333 e. The minimum atomic E-state index is -1.81. The van der Waals surface area contributed by atoms with E-state index in [0.29, 0.717) is 53.6 Å². The van der Waals surface area contributed by atoms with Crippen LogP contribution in [0.3, 0.4) is 0 Å². The Hall–Kier alpha value is -3.48. The molecule has 40 heavy (non-hydrogen) atoms. The van der Waals surface area contributed by atoms with Crippen molar-refractivity contribution in [2.24, 2.45) is 0 Å². The highest BCUT2D eigenvalue weighted by Gasteiger charge is 2.36. The van der Waals surface area contributed by atoms with Crippen molar-refractivity contribution in [3.63, 3.8) is 0 Å². The van der Waals surface area contributed by atoms with Crippen LogP contribution in [-0.2, 0) is 31.1 Å². The first-order valence-electron chi connectivity index (χ1n) is 13.2. The lowest BCUT2D eigenvalue weighted by atomic mass is 9.99. The van der Waals surface area contributed by atoms with Gasteiger partial charge in [0.05, 0.1) is 36.2 Å². The Balaban J connectivity index is 1.75. The van der Waals surface area contributed by atoms with Gasteiger partial charge >= 0.3 is 11.7 Å². The molecule has 1 aliphatic heterocycles. The predicted octanol–water partition coefficient (Wildman–Crippen LogP) is 3.82. The minimum Gasteiger partial charge on any atom is -0.501 e. The van der Waals surface area contributed by atoms with Gasteiger partial charge in [-0.05, 0) is 45.6 Å².